The van der Waals surface area contributed by atoms with Gasteiger partial charge in [-0.05, 0) is 30.5 Å². The topological polar surface area (TPSA) is 121 Å². The molecule has 1 amide bonds. The average molecular weight is 366 g/mol. The van der Waals surface area contributed by atoms with Gasteiger partial charge in [-0.1, -0.05) is 12.1 Å². The van der Waals surface area contributed by atoms with E-state index < -0.39 is 22.0 Å². The molecular formula is C16H18N2O6S. The van der Waals surface area contributed by atoms with Gasteiger partial charge in [-0.15, -0.1) is 0 Å². The van der Waals surface area contributed by atoms with Gasteiger partial charge in [-0.25, -0.2) is 13.2 Å². The number of rotatable bonds is 3. The molecule has 0 spiro atoms. The number of benzene rings is 1. The third kappa shape index (κ3) is 3.60. The fraction of sp³-hybridized carbons (Fsp3) is 0.375. The summed E-state index contributed by atoms with van der Waals surface area (Å²) in [5, 5.41) is 11.7. The lowest BCUT2D eigenvalue weighted by molar-refractivity contribution is 0.0968. The lowest BCUT2D eigenvalue weighted by Crippen LogP contribution is -2.39. The van der Waals surface area contributed by atoms with E-state index >= 15 is 0 Å². The van der Waals surface area contributed by atoms with E-state index in [0.717, 1.165) is 6.26 Å². The Bertz CT molecular complexity index is 928. The van der Waals surface area contributed by atoms with E-state index in [1.165, 1.54) is 23.1 Å². The van der Waals surface area contributed by atoms with Gasteiger partial charge < -0.3 is 14.5 Å². The maximum Gasteiger partial charge on any atom is 0.407 e. The SMILES string of the molecule is CS(=O)(=O)c1ccc(C2CC(c3cc(=O)[nH]o3)CCN2C(=O)O)cc1. The first kappa shape index (κ1) is 17.3. The molecule has 2 aromatic rings. The molecule has 25 heavy (non-hydrogen) atoms. The van der Waals surface area contributed by atoms with Crippen molar-refractivity contribution in [3.63, 3.8) is 0 Å². The number of nitrogens with zero attached hydrogens (tertiary/aromatic N) is 1. The molecule has 2 unspecified atom stereocenters. The molecule has 2 atom stereocenters. The van der Waals surface area contributed by atoms with Gasteiger partial charge in [0.1, 0.15) is 5.76 Å². The Morgan fingerprint density at radius 1 is 1.32 bits per heavy atom. The molecule has 0 saturated carbocycles. The number of H-pyrrole nitrogens is 1. The first-order chi connectivity index (χ1) is 11.8. The second kappa shape index (κ2) is 6.40. The molecule has 1 aromatic carbocycles. The normalized spacial score (nSPS) is 21.2. The molecule has 1 aliphatic heterocycles. The van der Waals surface area contributed by atoms with E-state index in [2.05, 4.69) is 5.16 Å². The van der Waals surface area contributed by atoms with Crippen LogP contribution in [-0.4, -0.2) is 42.5 Å². The number of hydrogen-bond donors (Lipinski definition) is 2. The van der Waals surface area contributed by atoms with Gasteiger partial charge in [0.05, 0.1) is 10.9 Å². The first-order valence-electron chi connectivity index (χ1n) is 7.73. The predicted molar refractivity (Wildman–Crippen MR) is 88.3 cm³/mol. The third-order valence-corrected chi connectivity index (χ3v) is 5.61. The molecule has 8 nitrogen and oxygen atoms in total. The van der Waals surface area contributed by atoms with Gasteiger partial charge in [-0.3, -0.25) is 4.79 Å². The highest BCUT2D eigenvalue weighted by Crippen LogP contribution is 2.39. The maximum absolute atomic E-state index is 11.6. The summed E-state index contributed by atoms with van der Waals surface area (Å²) in [5.41, 5.74) is 0.377. The zero-order valence-corrected chi connectivity index (χ0v) is 14.3. The van der Waals surface area contributed by atoms with Crippen molar-refractivity contribution >= 4 is 15.9 Å². The largest absolute Gasteiger partial charge is 0.465 e. The van der Waals surface area contributed by atoms with Gasteiger partial charge in [0.15, 0.2) is 9.84 Å². The second-order valence-electron chi connectivity index (χ2n) is 6.17. The molecular weight excluding hydrogens is 348 g/mol. The van der Waals surface area contributed by atoms with Gasteiger partial charge in [0, 0.05) is 24.8 Å². The molecule has 0 aliphatic carbocycles. The van der Waals surface area contributed by atoms with Gasteiger partial charge in [0.25, 0.3) is 5.56 Å². The number of aromatic amines is 1. The summed E-state index contributed by atoms with van der Waals surface area (Å²) >= 11 is 0. The van der Waals surface area contributed by atoms with Gasteiger partial charge in [0.2, 0.25) is 0 Å². The Morgan fingerprint density at radius 3 is 2.52 bits per heavy atom. The van der Waals surface area contributed by atoms with Crippen LogP contribution in [0.4, 0.5) is 4.79 Å². The average Bonchev–Trinajstić information content (AvgIpc) is 3.00. The van der Waals surface area contributed by atoms with Crippen molar-refractivity contribution < 1.29 is 22.8 Å². The summed E-state index contributed by atoms with van der Waals surface area (Å²) in [6, 6.07) is 7.16. The smallest absolute Gasteiger partial charge is 0.407 e. The Kier molecular flexibility index (Phi) is 4.42. The van der Waals surface area contributed by atoms with E-state index in [1.54, 1.807) is 12.1 Å². The lowest BCUT2D eigenvalue weighted by atomic mass is 9.86. The van der Waals surface area contributed by atoms with Crippen molar-refractivity contribution in [2.24, 2.45) is 0 Å². The van der Waals surface area contributed by atoms with Crippen molar-refractivity contribution in [3.8, 4) is 0 Å². The van der Waals surface area contributed by atoms with Gasteiger partial charge >= 0.3 is 6.09 Å². The van der Waals surface area contributed by atoms with Crippen LogP contribution in [0.25, 0.3) is 0 Å². The van der Waals surface area contributed by atoms with Crippen LogP contribution in [0.3, 0.4) is 0 Å². The van der Waals surface area contributed by atoms with E-state index in [0.29, 0.717) is 30.7 Å². The molecule has 2 N–H and O–H groups in total. The lowest BCUT2D eigenvalue weighted by Gasteiger charge is -2.37. The standard InChI is InChI=1S/C16H18N2O6S/c1-25(22,23)12-4-2-10(3-5-12)13-8-11(6-7-18(13)16(20)21)14-9-15(19)17-24-14/h2-5,9,11,13H,6-8H2,1H3,(H,17,19)(H,20,21). The second-order valence-corrected chi connectivity index (χ2v) is 8.19. The number of piperidine rings is 1. The summed E-state index contributed by atoms with van der Waals surface area (Å²) < 4.78 is 28.3. The van der Waals surface area contributed by atoms with Crippen LogP contribution in [0.15, 0.2) is 44.5 Å². The predicted octanol–water partition coefficient (Wildman–Crippen LogP) is 1.97. The van der Waals surface area contributed by atoms with Crippen LogP contribution in [0, 0.1) is 0 Å². The van der Waals surface area contributed by atoms with Crippen molar-refractivity contribution in [3.05, 3.63) is 52.0 Å². The quantitative estimate of drug-likeness (QED) is 0.857. The third-order valence-electron chi connectivity index (χ3n) is 4.49. The molecule has 1 aromatic heterocycles. The summed E-state index contributed by atoms with van der Waals surface area (Å²) in [4.78, 5) is 24.4. The number of aromatic nitrogens is 1. The molecule has 9 heteroatoms. The van der Waals surface area contributed by atoms with E-state index in [1.807, 2.05) is 0 Å². The van der Waals surface area contributed by atoms with Crippen molar-refractivity contribution in [1.82, 2.24) is 10.1 Å². The number of hydrogen-bond acceptors (Lipinski definition) is 5. The highest BCUT2D eigenvalue weighted by Gasteiger charge is 2.34. The molecule has 0 radical (unpaired) electrons. The van der Waals surface area contributed by atoms with Crippen molar-refractivity contribution in [1.29, 1.82) is 0 Å². The number of amides is 1. The molecule has 3 rings (SSSR count). The molecule has 0 bridgehead atoms. The van der Waals surface area contributed by atoms with Gasteiger partial charge in [-0.2, -0.15) is 5.16 Å². The zero-order valence-electron chi connectivity index (χ0n) is 13.5. The van der Waals surface area contributed by atoms with Crippen LogP contribution in [-0.2, 0) is 9.84 Å². The minimum atomic E-state index is -3.31. The minimum absolute atomic E-state index is 0.0888. The van der Waals surface area contributed by atoms with Crippen LogP contribution in [0.1, 0.15) is 36.1 Å². The molecule has 1 fully saturated rings. The highest BCUT2D eigenvalue weighted by atomic mass is 32.2. The van der Waals surface area contributed by atoms with E-state index in [-0.39, 0.29) is 16.4 Å². The highest BCUT2D eigenvalue weighted by molar-refractivity contribution is 7.90. The number of likely N-dealkylation sites (tertiary alicyclic amines) is 1. The Balaban J connectivity index is 1.91. The zero-order chi connectivity index (χ0) is 18.2. The van der Waals surface area contributed by atoms with Crippen LogP contribution < -0.4 is 5.56 Å². The van der Waals surface area contributed by atoms with Crippen LogP contribution in [0.2, 0.25) is 0 Å². The number of nitrogens with one attached hydrogen (secondary N) is 1. The molecule has 1 aliphatic rings. The first-order valence-corrected chi connectivity index (χ1v) is 9.63. The number of carboxylic acid groups (broad SMARTS) is 1. The van der Waals surface area contributed by atoms with E-state index in [9.17, 15) is 23.1 Å². The summed E-state index contributed by atoms with van der Waals surface area (Å²) in [7, 11) is -3.31. The molecule has 1 saturated heterocycles. The number of carbonyl (C=O) groups is 1. The Morgan fingerprint density at radius 2 is 2.00 bits per heavy atom. The summed E-state index contributed by atoms with van der Waals surface area (Å²) in [6.07, 6.45) is 1.08. The summed E-state index contributed by atoms with van der Waals surface area (Å²) in [6.45, 7) is 0.299. The van der Waals surface area contributed by atoms with Crippen molar-refractivity contribution in [2.45, 2.75) is 29.7 Å². The van der Waals surface area contributed by atoms with Crippen LogP contribution >= 0.6 is 0 Å². The minimum Gasteiger partial charge on any atom is -0.465 e. The monoisotopic (exact) mass is 366 g/mol. The summed E-state index contributed by atoms with van der Waals surface area (Å²) in [5.74, 6) is 0.418. The Labute approximate surface area is 144 Å². The fourth-order valence-corrected chi connectivity index (χ4v) is 3.83. The fourth-order valence-electron chi connectivity index (χ4n) is 3.20. The molecule has 2 heterocycles. The maximum atomic E-state index is 11.6. The molecule has 134 valence electrons. The van der Waals surface area contributed by atoms with Crippen molar-refractivity contribution in [2.75, 3.05) is 12.8 Å². The Hall–Kier alpha value is -2.55. The van der Waals surface area contributed by atoms with E-state index in [4.69, 9.17) is 4.52 Å². The number of sulfone groups is 1. The van der Waals surface area contributed by atoms with Crippen LogP contribution in [0.5, 0.6) is 0 Å².